The van der Waals surface area contributed by atoms with Crippen LogP contribution in [0, 0.1) is 0 Å². The Morgan fingerprint density at radius 2 is 1.75 bits per heavy atom. The second-order valence-electron chi connectivity index (χ2n) is 3.86. The molecule has 0 unspecified atom stereocenters. The Balaban J connectivity index is 2.21. The second-order valence-corrected chi connectivity index (χ2v) is 4.74. The lowest BCUT2D eigenvalue weighted by Gasteiger charge is -2.33. The lowest BCUT2D eigenvalue weighted by atomic mass is 10.2. The van der Waals surface area contributed by atoms with Crippen molar-refractivity contribution in [3.05, 3.63) is 28.2 Å². The van der Waals surface area contributed by atoms with Crippen molar-refractivity contribution in [2.45, 2.75) is 0 Å². The molecule has 3 nitrogen and oxygen atoms in total. The van der Waals surface area contributed by atoms with Crippen LogP contribution in [0.3, 0.4) is 0 Å². The van der Waals surface area contributed by atoms with E-state index in [9.17, 15) is 4.79 Å². The molecule has 0 saturated carbocycles. The van der Waals surface area contributed by atoms with Crippen molar-refractivity contribution in [2.75, 3.05) is 31.6 Å². The molecule has 16 heavy (non-hydrogen) atoms. The molecule has 86 valence electrons. The largest absolute Gasteiger partial charge is 0.360 e. The van der Waals surface area contributed by atoms with Crippen molar-refractivity contribution in [1.82, 2.24) is 4.90 Å². The van der Waals surface area contributed by atoms with Crippen molar-refractivity contribution in [3.63, 3.8) is 0 Å². The zero-order chi connectivity index (χ0) is 11.7. The smallest absolute Gasteiger partial charge is 0.241 e. The summed E-state index contributed by atoms with van der Waals surface area (Å²) in [6.07, 6.45) is 0. The predicted molar refractivity (Wildman–Crippen MR) is 66.3 cm³/mol. The number of rotatable bonds is 1. The van der Waals surface area contributed by atoms with Crippen molar-refractivity contribution in [3.8, 4) is 0 Å². The molecule has 0 aliphatic carbocycles. The van der Waals surface area contributed by atoms with Gasteiger partial charge in [-0.05, 0) is 18.2 Å². The molecule has 1 aromatic carbocycles. The van der Waals surface area contributed by atoms with E-state index in [1.807, 2.05) is 24.1 Å². The molecule has 1 amide bonds. The maximum absolute atomic E-state index is 11.6. The van der Waals surface area contributed by atoms with Gasteiger partial charge in [-0.2, -0.15) is 0 Å². The summed E-state index contributed by atoms with van der Waals surface area (Å²) in [7, 11) is 1.81. The van der Waals surface area contributed by atoms with E-state index in [1.165, 1.54) is 0 Å². The third kappa shape index (κ3) is 2.42. The van der Waals surface area contributed by atoms with Crippen LogP contribution in [0.25, 0.3) is 0 Å². The summed E-state index contributed by atoms with van der Waals surface area (Å²) in [5.74, 6) is 0.113. The van der Waals surface area contributed by atoms with Crippen LogP contribution in [0.4, 0.5) is 5.69 Å². The first-order valence-electron chi connectivity index (χ1n) is 5.01. The van der Waals surface area contributed by atoms with Crippen LogP contribution in [0.2, 0.25) is 10.0 Å². The van der Waals surface area contributed by atoms with Crippen molar-refractivity contribution < 1.29 is 4.79 Å². The molecular formula is C11H12Cl2N2O. The Kier molecular flexibility index (Phi) is 3.26. The highest BCUT2D eigenvalue weighted by Crippen LogP contribution is 2.26. The van der Waals surface area contributed by atoms with Crippen LogP contribution in [0.15, 0.2) is 18.2 Å². The number of carbonyl (C=O) groups excluding carboxylic acids is 1. The maximum atomic E-state index is 11.6. The maximum Gasteiger partial charge on any atom is 0.241 e. The molecule has 0 atom stereocenters. The third-order valence-electron chi connectivity index (χ3n) is 2.67. The Labute approximate surface area is 105 Å². The Bertz CT molecular complexity index is 402. The van der Waals surface area contributed by atoms with Crippen molar-refractivity contribution >= 4 is 34.8 Å². The summed E-state index contributed by atoms with van der Waals surface area (Å²) in [5, 5.41) is 1.18. The summed E-state index contributed by atoms with van der Waals surface area (Å²) >= 11 is 11.9. The topological polar surface area (TPSA) is 23.6 Å². The quantitative estimate of drug-likeness (QED) is 0.772. The van der Waals surface area contributed by atoms with E-state index in [2.05, 4.69) is 0 Å². The number of likely N-dealkylation sites (N-methyl/N-ethyl adjacent to an activating group) is 1. The van der Waals surface area contributed by atoms with E-state index < -0.39 is 0 Å². The molecule has 1 aliphatic rings. The third-order valence-corrected chi connectivity index (χ3v) is 3.11. The first kappa shape index (κ1) is 11.6. The summed E-state index contributed by atoms with van der Waals surface area (Å²) in [5.41, 5.74) is 0.902. The zero-order valence-corrected chi connectivity index (χ0v) is 10.4. The van der Waals surface area contributed by atoms with Crippen LogP contribution in [0.1, 0.15) is 0 Å². The minimum atomic E-state index is 0.113. The fourth-order valence-electron chi connectivity index (χ4n) is 1.70. The molecular weight excluding hydrogens is 247 g/mol. The van der Waals surface area contributed by atoms with Gasteiger partial charge in [0.15, 0.2) is 0 Å². The summed E-state index contributed by atoms with van der Waals surface area (Å²) in [6.45, 7) is 1.91. The molecule has 0 spiro atoms. The Morgan fingerprint density at radius 3 is 2.31 bits per heavy atom. The van der Waals surface area contributed by atoms with Crippen LogP contribution >= 0.6 is 23.2 Å². The minimum Gasteiger partial charge on any atom is -0.360 e. The van der Waals surface area contributed by atoms with Crippen LogP contribution in [-0.4, -0.2) is 37.5 Å². The molecule has 1 fully saturated rings. The van der Waals surface area contributed by atoms with Gasteiger partial charge in [-0.1, -0.05) is 23.2 Å². The van der Waals surface area contributed by atoms with Crippen LogP contribution in [0.5, 0.6) is 0 Å². The van der Waals surface area contributed by atoms with Gasteiger partial charge >= 0.3 is 0 Å². The molecule has 0 bridgehead atoms. The average molecular weight is 259 g/mol. The Hall–Kier alpha value is -0.930. The summed E-state index contributed by atoms with van der Waals surface area (Å²) < 4.78 is 0. The first-order valence-corrected chi connectivity index (χ1v) is 5.77. The fourth-order valence-corrected chi connectivity index (χ4v) is 2.22. The van der Waals surface area contributed by atoms with Gasteiger partial charge in [0.25, 0.3) is 0 Å². The standard InChI is InChI=1S/C11H12Cl2N2O/c1-14-2-3-15(7-11(14)16)10-5-8(12)4-9(13)6-10/h4-6H,2-3,7H2,1H3. The number of nitrogens with zero attached hydrogens (tertiary/aromatic N) is 2. The van der Waals surface area contributed by atoms with E-state index in [4.69, 9.17) is 23.2 Å². The first-order chi connectivity index (χ1) is 7.56. The molecule has 2 rings (SSSR count). The van der Waals surface area contributed by atoms with E-state index >= 15 is 0 Å². The van der Waals surface area contributed by atoms with Gasteiger partial charge in [-0.25, -0.2) is 0 Å². The molecule has 1 aliphatic heterocycles. The van der Waals surface area contributed by atoms with E-state index in [0.717, 1.165) is 18.8 Å². The summed E-state index contributed by atoms with van der Waals surface area (Å²) in [6, 6.07) is 5.34. The zero-order valence-electron chi connectivity index (χ0n) is 8.91. The van der Waals surface area contributed by atoms with E-state index in [-0.39, 0.29) is 5.91 Å². The van der Waals surface area contributed by atoms with Crippen molar-refractivity contribution in [2.24, 2.45) is 0 Å². The molecule has 0 radical (unpaired) electrons. The monoisotopic (exact) mass is 258 g/mol. The molecule has 1 aromatic rings. The van der Waals surface area contributed by atoms with E-state index in [1.54, 1.807) is 11.0 Å². The van der Waals surface area contributed by atoms with Gasteiger partial charge in [0.2, 0.25) is 5.91 Å². The van der Waals surface area contributed by atoms with Gasteiger partial charge in [0, 0.05) is 35.9 Å². The summed E-state index contributed by atoms with van der Waals surface area (Å²) in [4.78, 5) is 15.3. The number of hydrogen-bond acceptors (Lipinski definition) is 2. The lowest BCUT2D eigenvalue weighted by molar-refractivity contribution is -0.129. The Morgan fingerprint density at radius 1 is 1.12 bits per heavy atom. The highest BCUT2D eigenvalue weighted by atomic mass is 35.5. The second kappa shape index (κ2) is 4.52. The van der Waals surface area contributed by atoms with Crippen LogP contribution in [-0.2, 0) is 4.79 Å². The number of anilines is 1. The molecule has 1 heterocycles. The van der Waals surface area contributed by atoms with Gasteiger partial charge in [0.1, 0.15) is 0 Å². The number of hydrogen-bond donors (Lipinski definition) is 0. The van der Waals surface area contributed by atoms with Crippen LogP contribution < -0.4 is 4.90 Å². The number of piperazine rings is 1. The van der Waals surface area contributed by atoms with Gasteiger partial charge in [0.05, 0.1) is 6.54 Å². The molecule has 0 N–H and O–H groups in total. The highest BCUT2D eigenvalue weighted by molar-refractivity contribution is 6.35. The minimum absolute atomic E-state index is 0.113. The van der Waals surface area contributed by atoms with Gasteiger partial charge < -0.3 is 9.80 Å². The highest BCUT2D eigenvalue weighted by Gasteiger charge is 2.21. The number of benzene rings is 1. The lowest BCUT2D eigenvalue weighted by Crippen LogP contribution is -2.48. The molecule has 5 heteroatoms. The van der Waals surface area contributed by atoms with Gasteiger partial charge in [-0.3, -0.25) is 4.79 Å². The SMILES string of the molecule is CN1CCN(c2cc(Cl)cc(Cl)c2)CC1=O. The predicted octanol–water partition coefficient (Wildman–Crippen LogP) is 2.27. The van der Waals surface area contributed by atoms with Gasteiger partial charge in [-0.15, -0.1) is 0 Å². The fraction of sp³-hybridized carbons (Fsp3) is 0.364. The molecule has 1 saturated heterocycles. The number of halogens is 2. The van der Waals surface area contributed by atoms with Crippen molar-refractivity contribution in [1.29, 1.82) is 0 Å². The number of amides is 1. The normalized spacial score (nSPS) is 16.8. The number of carbonyl (C=O) groups is 1. The molecule has 0 aromatic heterocycles. The average Bonchev–Trinajstić information content (AvgIpc) is 2.20. The van der Waals surface area contributed by atoms with E-state index in [0.29, 0.717) is 16.6 Å².